The molecule has 0 fully saturated rings. The van der Waals surface area contributed by atoms with Gasteiger partial charge in [-0.2, -0.15) is 0 Å². The van der Waals surface area contributed by atoms with E-state index in [4.69, 9.17) is 15.5 Å². The Labute approximate surface area is 117 Å². The number of benzene rings is 1. The summed E-state index contributed by atoms with van der Waals surface area (Å²) in [6, 6.07) is 12.0. The number of hydrogen-bond donors (Lipinski definition) is 1. The number of rotatable bonds is 3. The molecule has 0 saturated carbocycles. The van der Waals surface area contributed by atoms with Crippen molar-refractivity contribution in [1.82, 2.24) is 9.38 Å². The molecule has 2 N–H and O–H groups in total. The standard InChI is InChI=1S/C16H17N3O/c1-11-16(13-4-6-14(20-2)7-5-13)18-15-8-3-12(9-17)10-19(11)15/h3-8,10H,9,17H2,1-2H3. The maximum absolute atomic E-state index is 5.69. The van der Waals surface area contributed by atoms with Gasteiger partial charge in [0.25, 0.3) is 0 Å². The van der Waals surface area contributed by atoms with Gasteiger partial charge in [0.05, 0.1) is 12.8 Å². The van der Waals surface area contributed by atoms with E-state index in [1.807, 2.05) is 42.6 Å². The first-order valence-corrected chi connectivity index (χ1v) is 6.55. The van der Waals surface area contributed by atoms with E-state index >= 15 is 0 Å². The van der Waals surface area contributed by atoms with E-state index in [0.29, 0.717) is 6.54 Å². The van der Waals surface area contributed by atoms with Gasteiger partial charge in [-0.3, -0.25) is 0 Å². The maximum atomic E-state index is 5.69. The minimum absolute atomic E-state index is 0.533. The van der Waals surface area contributed by atoms with Gasteiger partial charge in [0.1, 0.15) is 11.4 Å². The number of imidazole rings is 1. The zero-order chi connectivity index (χ0) is 14.1. The van der Waals surface area contributed by atoms with Crippen LogP contribution < -0.4 is 10.5 Å². The number of ether oxygens (including phenoxy) is 1. The van der Waals surface area contributed by atoms with E-state index in [2.05, 4.69) is 11.3 Å². The summed E-state index contributed by atoms with van der Waals surface area (Å²) in [4.78, 5) is 4.69. The number of aromatic nitrogens is 2. The van der Waals surface area contributed by atoms with Gasteiger partial charge in [-0.15, -0.1) is 0 Å². The molecule has 0 amide bonds. The van der Waals surface area contributed by atoms with Crippen molar-refractivity contribution in [1.29, 1.82) is 0 Å². The quantitative estimate of drug-likeness (QED) is 0.794. The van der Waals surface area contributed by atoms with Gasteiger partial charge >= 0.3 is 0 Å². The van der Waals surface area contributed by atoms with E-state index in [0.717, 1.165) is 33.9 Å². The summed E-state index contributed by atoms with van der Waals surface area (Å²) >= 11 is 0. The number of nitrogens with two attached hydrogens (primary N) is 1. The third-order valence-corrected chi connectivity index (χ3v) is 3.52. The number of pyridine rings is 1. The third-order valence-electron chi connectivity index (χ3n) is 3.52. The molecule has 1 aromatic carbocycles. The molecule has 2 heterocycles. The Morgan fingerprint density at radius 1 is 1.15 bits per heavy atom. The first-order valence-electron chi connectivity index (χ1n) is 6.55. The molecule has 20 heavy (non-hydrogen) atoms. The first kappa shape index (κ1) is 12.7. The zero-order valence-electron chi connectivity index (χ0n) is 11.6. The summed E-state index contributed by atoms with van der Waals surface area (Å²) in [5, 5.41) is 0. The van der Waals surface area contributed by atoms with Crippen molar-refractivity contribution < 1.29 is 4.74 Å². The Bertz CT molecular complexity index is 744. The van der Waals surface area contributed by atoms with Crippen LogP contribution >= 0.6 is 0 Å². The van der Waals surface area contributed by atoms with Gasteiger partial charge in [-0.05, 0) is 42.8 Å². The zero-order valence-corrected chi connectivity index (χ0v) is 11.6. The van der Waals surface area contributed by atoms with Crippen molar-refractivity contribution in [3.05, 3.63) is 53.9 Å². The molecule has 0 spiro atoms. The molecule has 0 unspecified atom stereocenters. The van der Waals surface area contributed by atoms with Crippen molar-refractivity contribution in [2.75, 3.05) is 7.11 Å². The second-order valence-corrected chi connectivity index (χ2v) is 4.74. The second-order valence-electron chi connectivity index (χ2n) is 4.74. The molecule has 2 aromatic heterocycles. The molecule has 0 aliphatic rings. The lowest BCUT2D eigenvalue weighted by atomic mass is 10.1. The van der Waals surface area contributed by atoms with E-state index in [1.165, 1.54) is 0 Å². The summed E-state index contributed by atoms with van der Waals surface area (Å²) in [5.74, 6) is 0.848. The first-order chi connectivity index (χ1) is 9.72. The van der Waals surface area contributed by atoms with Gasteiger partial charge in [0.2, 0.25) is 0 Å². The molecule has 0 aliphatic carbocycles. The van der Waals surface area contributed by atoms with Crippen LogP contribution in [-0.4, -0.2) is 16.5 Å². The fourth-order valence-corrected chi connectivity index (χ4v) is 2.35. The molecule has 0 atom stereocenters. The van der Waals surface area contributed by atoms with Crippen molar-refractivity contribution in [3.63, 3.8) is 0 Å². The summed E-state index contributed by atoms with van der Waals surface area (Å²) in [6.45, 7) is 2.60. The van der Waals surface area contributed by atoms with Crippen molar-refractivity contribution in [2.24, 2.45) is 5.73 Å². The average Bonchev–Trinajstić information content (AvgIpc) is 2.84. The number of hydrogen-bond acceptors (Lipinski definition) is 3. The third kappa shape index (κ3) is 2.04. The average molecular weight is 267 g/mol. The second kappa shape index (κ2) is 4.98. The van der Waals surface area contributed by atoms with Crippen LogP contribution in [0.15, 0.2) is 42.6 Å². The summed E-state index contributed by atoms with van der Waals surface area (Å²) in [7, 11) is 1.67. The number of nitrogens with zero attached hydrogens (tertiary/aromatic N) is 2. The lowest BCUT2D eigenvalue weighted by Crippen LogP contribution is -1.98. The highest BCUT2D eigenvalue weighted by molar-refractivity contribution is 5.67. The number of aryl methyl sites for hydroxylation is 1. The van der Waals surface area contributed by atoms with Crippen LogP contribution in [-0.2, 0) is 6.54 Å². The Morgan fingerprint density at radius 2 is 1.90 bits per heavy atom. The highest BCUT2D eigenvalue weighted by Crippen LogP contribution is 2.26. The summed E-state index contributed by atoms with van der Waals surface area (Å²) < 4.78 is 7.27. The number of methoxy groups -OCH3 is 1. The Hall–Kier alpha value is -2.33. The molecular weight excluding hydrogens is 250 g/mol. The van der Waals surface area contributed by atoms with Crippen molar-refractivity contribution in [2.45, 2.75) is 13.5 Å². The van der Waals surface area contributed by atoms with Gasteiger partial charge in [-0.25, -0.2) is 4.98 Å². The lowest BCUT2D eigenvalue weighted by Gasteiger charge is -2.03. The van der Waals surface area contributed by atoms with Gasteiger partial charge < -0.3 is 14.9 Å². The van der Waals surface area contributed by atoms with E-state index in [9.17, 15) is 0 Å². The van der Waals surface area contributed by atoms with E-state index in [1.54, 1.807) is 7.11 Å². The van der Waals surface area contributed by atoms with Crippen LogP contribution in [0, 0.1) is 6.92 Å². The molecule has 3 aromatic rings. The minimum Gasteiger partial charge on any atom is -0.497 e. The Kier molecular flexibility index (Phi) is 3.16. The van der Waals surface area contributed by atoms with Crippen LogP contribution in [0.2, 0.25) is 0 Å². The van der Waals surface area contributed by atoms with Crippen LogP contribution in [0.1, 0.15) is 11.3 Å². The van der Waals surface area contributed by atoms with Gasteiger partial charge in [0.15, 0.2) is 0 Å². The lowest BCUT2D eigenvalue weighted by molar-refractivity contribution is 0.415. The fourth-order valence-electron chi connectivity index (χ4n) is 2.35. The molecule has 4 nitrogen and oxygen atoms in total. The predicted octanol–water partition coefficient (Wildman–Crippen LogP) is 2.78. The SMILES string of the molecule is COc1ccc(-c2nc3ccc(CN)cn3c2C)cc1. The van der Waals surface area contributed by atoms with E-state index in [-0.39, 0.29) is 0 Å². The molecule has 0 saturated heterocycles. The normalized spacial score (nSPS) is 10.9. The fraction of sp³-hybridized carbons (Fsp3) is 0.188. The smallest absolute Gasteiger partial charge is 0.137 e. The largest absolute Gasteiger partial charge is 0.497 e. The van der Waals surface area contributed by atoms with Crippen molar-refractivity contribution >= 4 is 5.65 Å². The molecule has 0 bridgehead atoms. The van der Waals surface area contributed by atoms with Crippen LogP contribution in [0.3, 0.4) is 0 Å². The topological polar surface area (TPSA) is 52.5 Å². The monoisotopic (exact) mass is 267 g/mol. The van der Waals surface area contributed by atoms with Crippen LogP contribution in [0.4, 0.5) is 0 Å². The molecule has 0 radical (unpaired) electrons. The highest BCUT2D eigenvalue weighted by Gasteiger charge is 2.10. The predicted molar refractivity (Wildman–Crippen MR) is 79.8 cm³/mol. The van der Waals surface area contributed by atoms with Crippen LogP contribution in [0.5, 0.6) is 5.75 Å². The molecule has 102 valence electrons. The van der Waals surface area contributed by atoms with Gasteiger partial charge in [0, 0.05) is 24.0 Å². The van der Waals surface area contributed by atoms with E-state index < -0.39 is 0 Å². The summed E-state index contributed by atoms with van der Waals surface area (Å²) in [5.41, 5.74) is 10.9. The molecular formula is C16H17N3O. The summed E-state index contributed by atoms with van der Waals surface area (Å²) in [6.07, 6.45) is 2.05. The van der Waals surface area contributed by atoms with Crippen molar-refractivity contribution in [3.8, 4) is 17.0 Å². The Morgan fingerprint density at radius 3 is 2.55 bits per heavy atom. The minimum atomic E-state index is 0.533. The maximum Gasteiger partial charge on any atom is 0.137 e. The molecule has 3 rings (SSSR count). The highest BCUT2D eigenvalue weighted by atomic mass is 16.5. The van der Waals surface area contributed by atoms with Crippen LogP contribution in [0.25, 0.3) is 16.9 Å². The number of fused-ring (bicyclic) bond motifs is 1. The van der Waals surface area contributed by atoms with Gasteiger partial charge in [-0.1, -0.05) is 6.07 Å². The molecule has 0 aliphatic heterocycles. The Balaban J connectivity index is 2.13. The molecule has 4 heteroatoms.